The molecule has 0 saturated carbocycles. The van der Waals surface area contributed by atoms with Crippen LogP contribution in [-0.2, 0) is 4.79 Å². The van der Waals surface area contributed by atoms with Gasteiger partial charge in [0.25, 0.3) is 0 Å². The van der Waals surface area contributed by atoms with Crippen molar-refractivity contribution < 1.29 is 9.59 Å². The Hall–Kier alpha value is -0.770. The van der Waals surface area contributed by atoms with Gasteiger partial charge in [0.2, 0.25) is 5.91 Å². The molecule has 0 bridgehead atoms. The molecule has 0 rings (SSSR count). The van der Waals surface area contributed by atoms with E-state index in [9.17, 15) is 9.59 Å². The zero-order valence-electron chi connectivity index (χ0n) is 8.60. The monoisotopic (exact) mass is 220 g/mol. The van der Waals surface area contributed by atoms with E-state index in [-0.39, 0.29) is 24.2 Å². The van der Waals surface area contributed by atoms with Crippen molar-refractivity contribution in [2.75, 3.05) is 5.88 Å². The molecule has 0 aromatic rings. The van der Waals surface area contributed by atoms with E-state index >= 15 is 0 Å². The third-order valence-corrected chi connectivity index (χ3v) is 1.86. The number of urea groups is 1. The van der Waals surface area contributed by atoms with Crippen LogP contribution in [0.1, 0.15) is 33.1 Å². The van der Waals surface area contributed by atoms with E-state index in [0.717, 1.165) is 12.8 Å². The van der Waals surface area contributed by atoms with E-state index in [1.807, 2.05) is 13.8 Å². The summed E-state index contributed by atoms with van der Waals surface area (Å²) in [6.45, 7) is 3.93. The predicted octanol–water partition coefficient (Wildman–Crippen LogP) is 1.63. The molecule has 0 fully saturated rings. The summed E-state index contributed by atoms with van der Waals surface area (Å²) in [5.41, 5.74) is 0. The summed E-state index contributed by atoms with van der Waals surface area (Å²) >= 11 is 5.34. The molecule has 0 saturated heterocycles. The molecule has 5 heteroatoms. The summed E-state index contributed by atoms with van der Waals surface area (Å²) in [7, 11) is 0. The summed E-state index contributed by atoms with van der Waals surface area (Å²) in [6, 6.07) is -0.357. The second-order valence-electron chi connectivity index (χ2n) is 3.15. The topological polar surface area (TPSA) is 58.2 Å². The van der Waals surface area contributed by atoms with E-state index in [0.29, 0.717) is 0 Å². The summed E-state index contributed by atoms with van der Waals surface area (Å²) in [4.78, 5) is 22.1. The first kappa shape index (κ1) is 13.2. The molecule has 0 spiro atoms. The molecule has 0 heterocycles. The summed E-state index contributed by atoms with van der Waals surface area (Å²) in [5, 5.41) is 4.85. The largest absolute Gasteiger partial charge is 0.335 e. The molecule has 3 amide bonds. The number of nitrogens with one attached hydrogen (secondary N) is 2. The van der Waals surface area contributed by atoms with Crippen LogP contribution in [0.2, 0.25) is 0 Å². The van der Waals surface area contributed by atoms with Crippen molar-refractivity contribution in [2.24, 2.45) is 0 Å². The van der Waals surface area contributed by atoms with E-state index < -0.39 is 6.03 Å². The molecule has 0 aromatic carbocycles. The van der Waals surface area contributed by atoms with Crippen LogP contribution in [0.25, 0.3) is 0 Å². The Morgan fingerprint density at radius 2 is 2.07 bits per heavy atom. The van der Waals surface area contributed by atoms with Crippen LogP contribution >= 0.6 is 11.6 Å². The number of alkyl halides is 1. The maximum Gasteiger partial charge on any atom is 0.321 e. The molecule has 14 heavy (non-hydrogen) atoms. The Kier molecular flexibility index (Phi) is 7.20. The fourth-order valence-corrected chi connectivity index (χ4v) is 1.21. The number of carbonyl (C=O) groups excluding carboxylic acids is 2. The first-order chi connectivity index (χ1) is 6.60. The second-order valence-corrected chi connectivity index (χ2v) is 3.53. The Bertz CT molecular complexity index is 197. The summed E-state index contributed by atoms with van der Waals surface area (Å²) in [6.07, 6.45) is 2.06. The molecular weight excluding hydrogens is 204 g/mol. The van der Waals surface area contributed by atoms with Crippen molar-refractivity contribution >= 4 is 23.5 Å². The number of carbonyl (C=O) groups is 2. The van der Waals surface area contributed by atoms with Crippen LogP contribution in [0.5, 0.6) is 0 Å². The average Bonchev–Trinajstić information content (AvgIpc) is 2.03. The Morgan fingerprint density at radius 1 is 1.43 bits per heavy atom. The van der Waals surface area contributed by atoms with Gasteiger partial charge in [-0.3, -0.25) is 10.1 Å². The molecule has 1 unspecified atom stereocenters. The quantitative estimate of drug-likeness (QED) is 0.692. The van der Waals surface area contributed by atoms with Gasteiger partial charge in [-0.2, -0.15) is 0 Å². The zero-order valence-corrected chi connectivity index (χ0v) is 9.36. The fourth-order valence-electron chi connectivity index (χ4n) is 1.04. The Labute approximate surface area is 89.4 Å². The van der Waals surface area contributed by atoms with E-state index in [4.69, 9.17) is 11.6 Å². The lowest BCUT2D eigenvalue weighted by Gasteiger charge is -2.12. The van der Waals surface area contributed by atoms with Crippen molar-refractivity contribution in [3.8, 4) is 0 Å². The molecule has 0 aliphatic carbocycles. The first-order valence-corrected chi connectivity index (χ1v) is 5.29. The van der Waals surface area contributed by atoms with Crippen molar-refractivity contribution in [3.05, 3.63) is 0 Å². The van der Waals surface area contributed by atoms with Gasteiger partial charge in [0, 0.05) is 18.3 Å². The molecular formula is C9H17ClN2O2. The van der Waals surface area contributed by atoms with Crippen molar-refractivity contribution in [3.63, 3.8) is 0 Å². The number of halogens is 1. The van der Waals surface area contributed by atoms with Crippen LogP contribution in [0.4, 0.5) is 4.79 Å². The van der Waals surface area contributed by atoms with Crippen LogP contribution in [0.3, 0.4) is 0 Å². The number of hydrogen-bond donors (Lipinski definition) is 2. The molecule has 0 radical (unpaired) electrons. The van der Waals surface area contributed by atoms with Gasteiger partial charge < -0.3 is 5.32 Å². The lowest BCUT2D eigenvalue weighted by molar-refractivity contribution is -0.119. The molecule has 0 aromatic heterocycles. The van der Waals surface area contributed by atoms with Crippen LogP contribution in [0, 0.1) is 0 Å². The lowest BCUT2D eigenvalue weighted by atomic mass is 10.2. The minimum atomic E-state index is -0.443. The summed E-state index contributed by atoms with van der Waals surface area (Å²) < 4.78 is 0. The Morgan fingerprint density at radius 3 is 2.57 bits per heavy atom. The van der Waals surface area contributed by atoms with Gasteiger partial charge in [-0.05, 0) is 13.3 Å². The first-order valence-electron chi connectivity index (χ1n) is 4.76. The van der Waals surface area contributed by atoms with Crippen LogP contribution in [-0.4, -0.2) is 23.9 Å². The van der Waals surface area contributed by atoms with E-state index in [1.165, 1.54) is 0 Å². The highest BCUT2D eigenvalue weighted by Crippen LogP contribution is 1.94. The normalized spacial score (nSPS) is 11.9. The SMILES string of the molecule is CCCC(C)NC(=O)NC(=O)CCCl. The Balaban J connectivity index is 3.69. The van der Waals surface area contributed by atoms with Crippen molar-refractivity contribution in [2.45, 2.75) is 39.2 Å². The molecule has 0 aliphatic rings. The molecule has 4 nitrogen and oxygen atoms in total. The minimum Gasteiger partial charge on any atom is -0.335 e. The van der Waals surface area contributed by atoms with Gasteiger partial charge in [0.15, 0.2) is 0 Å². The third kappa shape index (κ3) is 6.71. The number of imide groups is 1. The second kappa shape index (κ2) is 7.62. The number of hydrogen-bond acceptors (Lipinski definition) is 2. The average molecular weight is 221 g/mol. The smallest absolute Gasteiger partial charge is 0.321 e. The molecule has 2 N–H and O–H groups in total. The standard InChI is InChI=1S/C9H17ClN2O2/c1-3-4-7(2)11-9(14)12-8(13)5-6-10/h7H,3-6H2,1-2H3,(H2,11,12,13,14). The lowest BCUT2D eigenvalue weighted by Crippen LogP contribution is -2.43. The van der Waals surface area contributed by atoms with Crippen molar-refractivity contribution in [1.82, 2.24) is 10.6 Å². The highest BCUT2D eigenvalue weighted by atomic mass is 35.5. The highest BCUT2D eigenvalue weighted by Gasteiger charge is 2.09. The minimum absolute atomic E-state index is 0.0869. The van der Waals surface area contributed by atoms with Gasteiger partial charge in [0.05, 0.1) is 0 Å². The van der Waals surface area contributed by atoms with Crippen LogP contribution in [0.15, 0.2) is 0 Å². The third-order valence-electron chi connectivity index (χ3n) is 1.67. The maximum atomic E-state index is 11.1. The number of rotatable bonds is 5. The van der Waals surface area contributed by atoms with Crippen LogP contribution < -0.4 is 10.6 Å². The predicted molar refractivity (Wildman–Crippen MR) is 56.4 cm³/mol. The zero-order chi connectivity index (χ0) is 11.0. The fraction of sp³-hybridized carbons (Fsp3) is 0.778. The number of amides is 3. The summed E-state index contributed by atoms with van der Waals surface area (Å²) in [5.74, 6) is -0.120. The van der Waals surface area contributed by atoms with Gasteiger partial charge in [-0.25, -0.2) is 4.79 Å². The maximum absolute atomic E-state index is 11.1. The highest BCUT2D eigenvalue weighted by molar-refractivity contribution is 6.19. The van der Waals surface area contributed by atoms with Gasteiger partial charge in [0.1, 0.15) is 0 Å². The molecule has 0 aliphatic heterocycles. The molecule has 82 valence electrons. The van der Waals surface area contributed by atoms with E-state index in [2.05, 4.69) is 10.6 Å². The van der Waals surface area contributed by atoms with Gasteiger partial charge in [-0.15, -0.1) is 11.6 Å². The van der Waals surface area contributed by atoms with E-state index in [1.54, 1.807) is 0 Å². The van der Waals surface area contributed by atoms with Crippen molar-refractivity contribution in [1.29, 1.82) is 0 Å². The van der Waals surface area contributed by atoms with Gasteiger partial charge >= 0.3 is 6.03 Å². The van der Waals surface area contributed by atoms with Gasteiger partial charge in [-0.1, -0.05) is 13.3 Å². The molecule has 1 atom stereocenters.